The molecule has 134 valence electrons. The molecule has 0 N–H and O–H groups in total. The molecule has 2 aromatic rings. The smallest absolute Gasteiger partial charge is 0.157 e. The second-order valence-corrected chi connectivity index (χ2v) is 7.74. The zero-order chi connectivity index (χ0) is 16.8. The van der Waals surface area contributed by atoms with Crippen LogP contribution in [0, 0.1) is 0 Å². The van der Waals surface area contributed by atoms with Gasteiger partial charge in [-0.1, -0.05) is 6.42 Å². The maximum absolute atomic E-state index is 5.54. The van der Waals surface area contributed by atoms with E-state index in [9.17, 15) is 0 Å². The Morgan fingerprint density at radius 1 is 1.00 bits per heavy atom. The van der Waals surface area contributed by atoms with Gasteiger partial charge in [-0.25, -0.2) is 4.98 Å². The van der Waals surface area contributed by atoms with Gasteiger partial charge in [0.2, 0.25) is 0 Å². The third kappa shape index (κ3) is 2.91. The first-order valence-corrected chi connectivity index (χ1v) is 9.73. The molecule has 1 aliphatic carbocycles. The third-order valence-corrected chi connectivity index (χ3v) is 5.89. The van der Waals surface area contributed by atoms with Crippen molar-refractivity contribution in [3.8, 4) is 0 Å². The Bertz CT molecular complexity index is 763. The Morgan fingerprint density at radius 3 is 2.60 bits per heavy atom. The second kappa shape index (κ2) is 6.25. The Morgan fingerprint density at radius 2 is 1.84 bits per heavy atom. The molecule has 0 radical (unpaired) electrons. The first kappa shape index (κ1) is 15.6. The van der Waals surface area contributed by atoms with Crippen LogP contribution in [0.15, 0.2) is 12.1 Å². The Labute approximate surface area is 148 Å². The van der Waals surface area contributed by atoms with Gasteiger partial charge in [0.05, 0.1) is 24.9 Å². The molecule has 1 saturated carbocycles. The number of fused-ring (bicyclic) bond motifs is 1. The van der Waals surface area contributed by atoms with Gasteiger partial charge in [0.15, 0.2) is 5.65 Å². The molecular weight excluding hydrogens is 314 g/mol. The molecule has 2 aromatic heterocycles. The summed E-state index contributed by atoms with van der Waals surface area (Å²) >= 11 is 0. The number of anilines is 1. The topological polar surface area (TPSA) is 45.9 Å². The van der Waals surface area contributed by atoms with Gasteiger partial charge < -0.3 is 9.64 Å². The minimum Gasteiger partial charge on any atom is -0.378 e. The summed E-state index contributed by atoms with van der Waals surface area (Å²) in [5.74, 6) is 1.85. The molecular formula is C19H27N5O. The van der Waals surface area contributed by atoms with Crippen molar-refractivity contribution < 1.29 is 4.74 Å². The van der Waals surface area contributed by atoms with Crippen LogP contribution in [-0.2, 0) is 4.74 Å². The van der Waals surface area contributed by atoms with E-state index in [4.69, 9.17) is 14.8 Å². The highest BCUT2D eigenvalue weighted by Gasteiger charge is 2.29. The number of aromatic nitrogens is 3. The van der Waals surface area contributed by atoms with Gasteiger partial charge in [0, 0.05) is 36.8 Å². The first-order chi connectivity index (χ1) is 12.3. The Hall–Kier alpha value is -1.66. The van der Waals surface area contributed by atoms with Crippen molar-refractivity contribution in [1.29, 1.82) is 0 Å². The SMILES string of the molecule is CN1CCCCC1c1cc2nc(C3CC3)cc(N3CCOCC3)n2n1. The Kier molecular flexibility index (Phi) is 3.90. The minimum atomic E-state index is 0.428. The van der Waals surface area contributed by atoms with Crippen LogP contribution >= 0.6 is 0 Å². The summed E-state index contributed by atoms with van der Waals surface area (Å²) in [5, 5.41) is 5.01. The van der Waals surface area contributed by atoms with Crippen LogP contribution in [0.3, 0.4) is 0 Å². The summed E-state index contributed by atoms with van der Waals surface area (Å²) in [7, 11) is 2.22. The summed E-state index contributed by atoms with van der Waals surface area (Å²) in [6.45, 7) is 4.61. The zero-order valence-electron chi connectivity index (χ0n) is 15.0. The predicted molar refractivity (Wildman–Crippen MR) is 97.2 cm³/mol. The van der Waals surface area contributed by atoms with Crippen molar-refractivity contribution >= 4 is 11.5 Å². The van der Waals surface area contributed by atoms with Gasteiger partial charge in [-0.05, 0) is 39.3 Å². The summed E-state index contributed by atoms with van der Waals surface area (Å²) in [5.41, 5.74) is 3.44. The molecule has 5 rings (SSSR count). The van der Waals surface area contributed by atoms with Gasteiger partial charge in [0.25, 0.3) is 0 Å². The van der Waals surface area contributed by atoms with Crippen LogP contribution in [-0.4, -0.2) is 59.4 Å². The quantitative estimate of drug-likeness (QED) is 0.859. The normalized spacial score (nSPS) is 25.6. The number of rotatable bonds is 3. The molecule has 3 fully saturated rings. The van der Waals surface area contributed by atoms with E-state index in [2.05, 4.69) is 33.5 Å². The predicted octanol–water partition coefficient (Wildman–Crippen LogP) is 2.60. The van der Waals surface area contributed by atoms with E-state index in [1.54, 1.807) is 0 Å². The van der Waals surface area contributed by atoms with Gasteiger partial charge in [-0.15, -0.1) is 0 Å². The Balaban J connectivity index is 1.58. The largest absolute Gasteiger partial charge is 0.378 e. The number of hydrogen-bond donors (Lipinski definition) is 0. The monoisotopic (exact) mass is 341 g/mol. The fourth-order valence-electron chi connectivity index (χ4n) is 4.21. The molecule has 0 bridgehead atoms. The molecule has 3 aliphatic rings. The van der Waals surface area contributed by atoms with Crippen LogP contribution in [0.4, 0.5) is 5.82 Å². The minimum absolute atomic E-state index is 0.428. The van der Waals surface area contributed by atoms with E-state index in [0.717, 1.165) is 38.5 Å². The number of nitrogens with zero attached hydrogens (tertiary/aromatic N) is 5. The van der Waals surface area contributed by atoms with Gasteiger partial charge in [-0.3, -0.25) is 4.90 Å². The van der Waals surface area contributed by atoms with Crippen LogP contribution in [0.2, 0.25) is 0 Å². The fraction of sp³-hybridized carbons (Fsp3) is 0.684. The van der Waals surface area contributed by atoms with E-state index in [0.29, 0.717) is 12.0 Å². The molecule has 6 heteroatoms. The molecule has 1 unspecified atom stereocenters. The van der Waals surface area contributed by atoms with E-state index in [-0.39, 0.29) is 0 Å². The lowest BCUT2D eigenvalue weighted by atomic mass is 10.0. The van der Waals surface area contributed by atoms with E-state index in [1.165, 1.54) is 49.3 Å². The highest BCUT2D eigenvalue weighted by Crippen LogP contribution is 2.40. The van der Waals surface area contributed by atoms with Gasteiger partial charge in [0.1, 0.15) is 5.82 Å². The summed E-state index contributed by atoms with van der Waals surface area (Å²) in [4.78, 5) is 9.81. The summed E-state index contributed by atoms with van der Waals surface area (Å²) in [6.07, 6.45) is 6.34. The highest BCUT2D eigenvalue weighted by molar-refractivity contribution is 5.53. The van der Waals surface area contributed by atoms with Crippen molar-refractivity contribution in [1.82, 2.24) is 19.5 Å². The van der Waals surface area contributed by atoms with E-state index >= 15 is 0 Å². The van der Waals surface area contributed by atoms with Gasteiger partial charge >= 0.3 is 0 Å². The number of likely N-dealkylation sites (tertiary alicyclic amines) is 1. The lowest BCUT2D eigenvalue weighted by molar-refractivity contribution is 0.122. The van der Waals surface area contributed by atoms with Crippen LogP contribution in [0.1, 0.15) is 55.5 Å². The standard InChI is InChI=1S/C19H27N5O/c1-22-7-3-2-4-17(22)16-12-18-20-15(14-5-6-14)13-19(24(18)21-16)23-8-10-25-11-9-23/h12-14,17H,2-11H2,1H3. The maximum atomic E-state index is 5.54. The van der Waals surface area contributed by atoms with Gasteiger partial charge in [-0.2, -0.15) is 9.61 Å². The van der Waals surface area contributed by atoms with Crippen molar-refractivity contribution in [2.75, 3.05) is 44.8 Å². The lowest BCUT2D eigenvalue weighted by Crippen LogP contribution is -2.37. The fourth-order valence-corrected chi connectivity index (χ4v) is 4.21. The summed E-state index contributed by atoms with van der Waals surface area (Å²) in [6, 6.07) is 4.93. The number of ether oxygens (including phenoxy) is 1. The molecule has 2 aliphatic heterocycles. The van der Waals surface area contributed by atoms with Crippen molar-refractivity contribution in [2.24, 2.45) is 0 Å². The molecule has 6 nitrogen and oxygen atoms in total. The van der Waals surface area contributed by atoms with Crippen molar-refractivity contribution in [3.05, 3.63) is 23.5 Å². The lowest BCUT2D eigenvalue weighted by Gasteiger charge is -2.31. The number of piperidine rings is 1. The zero-order valence-corrected chi connectivity index (χ0v) is 15.0. The molecule has 2 saturated heterocycles. The van der Waals surface area contributed by atoms with Crippen LogP contribution in [0.5, 0.6) is 0 Å². The molecule has 0 amide bonds. The van der Waals surface area contributed by atoms with Crippen LogP contribution < -0.4 is 4.90 Å². The van der Waals surface area contributed by atoms with Crippen LogP contribution in [0.25, 0.3) is 5.65 Å². The van der Waals surface area contributed by atoms with Crippen molar-refractivity contribution in [3.63, 3.8) is 0 Å². The number of morpholine rings is 1. The second-order valence-electron chi connectivity index (χ2n) is 7.74. The molecule has 4 heterocycles. The average Bonchev–Trinajstić information content (AvgIpc) is 3.41. The maximum Gasteiger partial charge on any atom is 0.157 e. The first-order valence-electron chi connectivity index (χ1n) is 9.73. The third-order valence-electron chi connectivity index (χ3n) is 5.89. The highest BCUT2D eigenvalue weighted by atomic mass is 16.5. The van der Waals surface area contributed by atoms with E-state index in [1.807, 2.05) is 0 Å². The molecule has 1 atom stereocenters. The van der Waals surface area contributed by atoms with Crippen molar-refractivity contribution in [2.45, 2.75) is 44.1 Å². The average molecular weight is 341 g/mol. The molecule has 25 heavy (non-hydrogen) atoms. The summed E-state index contributed by atoms with van der Waals surface area (Å²) < 4.78 is 7.62. The molecule has 0 spiro atoms. The number of hydrogen-bond acceptors (Lipinski definition) is 5. The molecule has 0 aromatic carbocycles. The van der Waals surface area contributed by atoms with E-state index < -0.39 is 0 Å².